The number of para-hydroxylation sites is 2. The Morgan fingerprint density at radius 2 is 2.10 bits per heavy atom. The number of guanidine groups is 1. The Hall–Kier alpha value is -1.55. The molecule has 6 nitrogen and oxygen atoms in total. The van der Waals surface area contributed by atoms with E-state index in [1.165, 1.54) is 0 Å². The lowest BCUT2D eigenvalue weighted by Gasteiger charge is -2.22. The Morgan fingerprint density at radius 1 is 1.33 bits per heavy atom. The average Bonchev–Trinajstić information content (AvgIpc) is 3.35. The molecular weight excluding hydrogens is 509 g/mol. The van der Waals surface area contributed by atoms with Crippen molar-refractivity contribution in [3.8, 4) is 5.75 Å². The van der Waals surface area contributed by atoms with Crippen LogP contribution in [-0.4, -0.2) is 43.7 Å². The number of halogens is 1. The summed E-state index contributed by atoms with van der Waals surface area (Å²) >= 11 is 1.69. The van der Waals surface area contributed by atoms with E-state index in [4.69, 9.17) is 14.7 Å². The van der Waals surface area contributed by atoms with Crippen molar-refractivity contribution in [3.63, 3.8) is 0 Å². The van der Waals surface area contributed by atoms with Crippen molar-refractivity contribution in [3.05, 3.63) is 40.3 Å². The van der Waals surface area contributed by atoms with Crippen LogP contribution in [0.2, 0.25) is 0 Å². The first kappa shape index (κ1) is 24.7. The standard InChI is InChI=1S/C22H33N5OS.HI/c1-6-23-21(24-13-20-26-19(15-29-20)22(2,3)4)25-16-11-12-27(14-16)17-9-7-8-10-18(17)28-5;/h7-10,15-16H,6,11-14H2,1-5H3,(H2,23,24,25);1H. The van der Waals surface area contributed by atoms with E-state index < -0.39 is 0 Å². The van der Waals surface area contributed by atoms with Crippen LogP contribution in [0, 0.1) is 0 Å². The molecule has 1 saturated heterocycles. The van der Waals surface area contributed by atoms with Crippen LogP contribution in [0.15, 0.2) is 34.6 Å². The molecule has 8 heteroatoms. The second-order valence-electron chi connectivity index (χ2n) is 8.32. The quantitative estimate of drug-likeness (QED) is 0.322. The van der Waals surface area contributed by atoms with Crippen LogP contribution in [0.25, 0.3) is 0 Å². The molecule has 0 aliphatic carbocycles. The summed E-state index contributed by atoms with van der Waals surface area (Å²) in [4.78, 5) is 11.9. The molecule has 0 amide bonds. The van der Waals surface area contributed by atoms with Gasteiger partial charge in [0.25, 0.3) is 0 Å². The average molecular weight is 544 g/mol. The number of benzene rings is 1. The summed E-state index contributed by atoms with van der Waals surface area (Å²) in [6, 6.07) is 8.55. The van der Waals surface area contributed by atoms with Gasteiger partial charge >= 0.3 is 0 Å². The van der Waals surface area contributed by atoms with Crippen molar-refractivity contribution in [1.29, 1.82) is 0 Å². The predicted octanol–water partition coefficient (Wildman–Crippen LogP) is 4.40. The zero-order chi connectivity index (χ0) is 20.9. The molecule has 30 heavy (non-hydrogen) atoms. The predicted molar refractivity (Wildman–Crippen MR) is 138 cm³/mol. The number of hydrogen-bond donors (Lipinski definition) is 2. The molecule has 1 fully saturated rings. The van der Waals surface area contributed by atoms with Gasteiger partial charge in [0, 0.05) is 36.5 Å². The molecule has 0 radical (unpaired) electrons. The van der Waals surface area contributed by atoms with E-state index in [0.717, 1.165) is 54.2 Å². The van der Waals surface area contributed by atoms with Gasteiger partial charge in [0.1, 0.15) is 10.8 Å². The minimum absolute atomic E-state index is 0. The van der Waals surface area contributed by atoms with Crippen molar-refractivity contribution in [2.75, 3.05) is 31.6 Å². The van der Waals surface area contributed by atoms with E-state index in [1.54, 1.807) is 18.4 Å². The zero-order valence-corrected chi connectivity index (χ0v) is 21.7. The molecule has 0 bridgehead atoms. The molecule has 0 saturated carbocycles. The molecule has 2 N–H and O–H groups in total. The molecule has 2 heterocycles. The van der Waals surface area contributed by atoms with Gasteiger partial charge in [-0.05, 0) is 25.5 Å². The van der Waals surface area contributed by atoms with Gasteiger partial charge in [-0.2, -0.15) is 0 Å². The number of aliphatic imine (C=N–C) groups is 1. The van der Waals surface area contributed by atoms with Crippen molar-refractivity contribution in [2.24, 2.45) is 4.99 Å². The van der Waals surface area contributed by atoms with E-state index in [-0.39, 0.29) is 29.4 Å². The maximum absolute atomic E-state index is 5.52. The van der Waals surface area contributed by atoms with Gasteiger partial charge in [0.2, 0.25) is 0 Å². The summed E-state index contributed by atoms with van der Waals surface area (Å²) in [6.45, 7) is 12.0. The first-order chi connectivity index (χ1) is 13.9. The van der Waals surface area contributed by atoms with Gasteiger partial charge in [0.05, 0.1) is 25.0 Å². The molecule has 166 valence electrons. The molecule has 1 aliphatic heterocycles. The Balaban J connectivity index is 0.00000320. The smallest absolute Gasteiger partial charge is 0.191 e. The van der Waals surface area contributed by atoms with Gasteiger partial charge in [-0.1, -0.05) is 32.9 Å². The second-order valence-corrected chi connectivity index (χ2v) is 9.26. The van der Waals surface area contributed by atoms with Crippen LogP contribution in [0.3, 0.4) is 0 Å². The number of methoxy groups -OCH3 is 1. The topological polar surface area (TPSA) is 61.8 Å². The SMILES string of the molecule is CCNC(=NCc1nc(C(C)(C)C)cs1)NC1CCN(c2ccccc2OC)C1.I. The van der Waals surface area contributed by atoms with Gasteiger partial charge in [0.15, 0.2) is 5.96 Å². The molecule has 1 unspecified atom stereocenters. The number of rotatable bonds is 6. The highest BCUT2D eigenvalue weighted by atomic mass is 127. The Kier molecular flexibility index (Phi) is 9.21. The monoisotopic (exact) mass is 543 g/mol. The van der Waals surface area contributed by atoms with E-state index in [9.17, 15) is 0 Å². The lowest BCUT2D eigenvalue weighted by molar-refractivity contribution is 0.415. The van der Waals surface area contributed by atoms with Crippen LogP contribution in [0.1, 0.15) is 44.8 Å². The molecule has 2 aromatic rings. The zero-order valence-electron chi connectivity index (χ0n) is 18.6. The van der Waals surface area contributed by atoms with Crippen LogP contribution >= 0.6 is 35.3 Å². The lowest BCUT2D eigenvalue weighted by atomic mass is 9.93. The molecule has 1 atom stereocenters. The third-order valence-corrected chi connectivity index (χ3v) is 5.83. The number of ether oxygens (including phenoxy) is 1. The summed E-state index contributed by atoms with van der Waals surface area (Å²) in [5, 5.41) is 10.2. The van der Waals surface area contributed by atoms with Crippen molar-refractivity contribution < 1.29 is 4.74 Å². The van der Waals surface area contributed by atoms with Crippen LogP contribution in [0.4, 0.5) is 5.69 Å². The second kappa shape index (κ2) is 11.2. The highest BCUT2D eigenvalue weighted by Gasteiger charge is 2.25. The molecule has 1 aromatic carbocycles. The van der Waals surface area contributed by atoms with E-state index >= 15 is 0 Å². The Labute approximate surface area is 201 Å². The maximum atomic E-state index is 5.52. The summed E-state index contributed by atoms with van der Waals surface area (Å²) in [6.07, 6.45) is 1.06. The molecule has 0 spiro atoms. The largest absolute Gasteiger partial charge is 0.495 e. The molecule has 3 rings (SSSR count). The third kappa shape index (κ3) is 6.47. The highest BCUT2D eigenvalue weighted by molar-refractivity contribution is 14.0. The maximum Gasteiger partial charge on any atom is 0.191 e. The summed E-state index contributed by atoms with van der Waals surface area (Å²) in [5.74, 6) is 1.78. The normalized spacial score (nSPS) is 16.9. The number of nitrogens with one attached hydrogen (secondary N) is 2. The van der Waals surface area contributed by atoms with Gasteiger partial charge < -0.3 is 20.3 Å². The third-order valence-electron chi connectivity index (χ3n) is 4.99. The number of hydrogen-bond acceptors (Lipinski definition) is 5. The molecule has 1 aliphatic rings. The Morgan fingerprint density at radius 3 is 2.77 bits per heavy atom. The number of thiazole rings is 1. The Bertz CT molecular complexity index is 833. The van der Waals surface area contributed by atoms with Crippen molar-refractivity contribution in [1.82, 2.24) is 15.6 Å². The van der Waals surface area contributed by atoms with E-state index in [0.29, 0.717) is 12.6 Å². The van der Waals surface area contributed by atoms with Crippen LogP contribution < -0.4 is 20.3 Å². The van der Waals surface area contributed by atoms with Gasteiger partial charge in [-0.25, -0.2) is 9.98 Å². The lowest BCUT2D eigenvalue weighted by Crippen LogP contribution is -2.44. The molecule has 1 aromatic heterocycles. The van der Waals surface area contributed by atoms with Gasteiger partial charge in [-0.3, -0.25) is 0 Å². The number of anilines is 1. The first-order valence-corrected chi connectivity index (χ1v) is 11.2. The van der Waals surface area contributed by atoms with Crippen LogP contribution in [0.5, 0.6) is 5.75 Å². The first-order valence-electron chi connectivity index (χ1n) is 10.3. The number of aromatic nitrogens is 1. The van der Waals surface area contributed by atoms with E-state index in [1.807, 2.05) is 12.1 Å². The van der Waals surface area contributed by atoms with Gasteiger partial charge in [-0.15, -0.1) is 35.3 Å². The fourth-order valence-corrected chi connectivity index (χ4v) is 4.32. The fraction of sp³-hybridized carbons (Fsp3) is 0.545. The summed E-state index contributed by atoms with van der Waals surface area (Å²) in [5.41, 5.74) is 2.36. The van der Waals surface area contributed by atoms with Crippen molar-refractivity contribution >= 4 is 47.0 Å². The summed E-state index contributed by atoms with van der Waals surface area (Å²) < 4.78 is 5.52. The van der Waals surface area contributed by atoms with E-state index in [2.05, 4.69) is 60.7 Å². The summed E-state index contributed by atoms with van der Waals surface area (Å²) in [7, 11) is 1.73. The fourth-order valence-electron chi connectivity index (χ4n) is 3.38. The van der Waals surface area contributed by atoms with Crippen LogP contribution in [-0.2, 0) is 12.0 Å². The highest BCUT2D eigenvalue weighted by Crippen LogP contribution is 2.30. The van der Waals surface area contributed by atoms with Crippen molar-refractivity contribution in [2.45, 2.75) is 52.1 Å². The molecular formula is C22H34IN5OS. The number of nitrogens with zero attached hydrogens (tertiary/aromatic N) is 3. The minimum atomic E-state index is 0. The minimum Gasteiger partial charge on any atom is -0.495 e.